The molecule has 0 aromatic heterocycles. The fourth-order valence-corrected chi connectivity index (χ4v) is 15.3. The highest BCUT2D eigenvalue weighted by molar-refractivity contribution is 7.47. The molecule has 0 amide bonds. The molecule has 17 nitrogen and oxygen atoms in total. The standard InChI is InChI=1S/C88H172O17P2/c1-8-10-11-12-13-14-15-16-17-18-19-23-26-29-35-40-48-55-62-69-85(90)98-75-83(104-87(92)71-64-57-50-41-36-30-27-24-21-20-22-25-28-33-38-45-52-59-66-79(3)4)77-102-106(94,95)100-73-82(89)74-101-107(96,97)103-78-84(76-99-86(91)70-63-56-49-44-43-47-54-61-68-81(7)9-2)105-88(93)72-65-58-51-42-37-32-31-34-39-46-53-60-67-80(5)6/h79-84,89H,8-78H2,1-7H3,(H,94,95)(H,96,97)/t81?,82-,83-,84-/m1/s1. The highest BCUT2D eigenvalue weighted by Gasteiger charge is 2.31. The van der Waals surface area contributed by atoms with Gasteiger partial charge in [-0.25, -0.2) is 9.13 Å². The van der Waals surface area contributed by atoms with E-state index in [2.05, 4.69) is 48.5 Å². The van der Waals surface area contributed by atoms with Crippen molar-refractivity contribution in [1.29, 1.82) is 0 Å². The highest BCUT2D eigenvalue weighted by atomic mass is 31.2. The van der Waals surface area contributed by atoms with Crippen LogP contribution >= 0.6 is 15.6 Å². The van der Waals surface area contributed by atoms with Crippen LogP contribution in [0.3, 0.4) is 0 Å². The first-order valence-corrected chi connectivity index (χ1v) is 48.4. The summed E-state index contributed by atoms with van der Waals surface area (Å²) < 4.78 is 69.0. The monoisotopic (exact) mass is 1560 g/mol. The Morgan fingerprint density at radius 2 is 0.477 bits per heavy atom. The van der Waals surface area contributed by atoms with Gasteiger partial charge in [0, 0.05) is 25.7 Å². The van der Waals surface area contributed by atoms with E-state index in [0.717, 1.165) is 108 Å². The average molecular weight is 1560 g/mol. The molecule has 0 radical (unpaired) electrons. The van der Waals surface area contributed by atoms with E-state index in [4.69, 9.17) is 37.0 Å². The molecule has 19 heteroatoms. The Bertz CT molecular complexity index is 2060. The molecule has 0 aromatic rings. The minimum Gasteiger partial charge on any atom is -0.462 e. The van der Waals surface area contributed by atoms with Crippen molar-refractivity contribution < 1.29 is 80.2 Å². The minimum absolute atomic E-state index is 0.107. The van der Waals surface area contributed by atoms with Gasteiger partial charge in [0.05, 0.1) is 26.4 Å². The Morgan fingerprint density at radius 1 is 0.271 bits per heavy atom. The zero-order chi connectivity index (χ0) is 78.6. The molecule has 0 aliphatic carbocycles. The molecule has 0 saturated carbocycles. The van der Waals surface area contributed by atoms with Crippen molar-refractivity contribution in [2.75, 3.05) is 39.6 Å². The third-order valence-electron chi connectivity index (χ3n) is 21.0. The summed E-state index contributed by atoms with van der Waals surface area (Å²) in [5.41, 5.74) is 0. The number of phosphoric acid groups is 2. The number of carbonyl (C=O) groups is 4. The van der Waals surface area contributed by atoms with E-state index in [1.165, 1.54) is 276 Å². The van der Waals surface area contributed by atoms with Crippen molar-refractivity contribution in [2.45, 2.75) is 484 Å². The van der Waals surface area contributed by atoms with E-state index in [9.17, 15) is 43.2 Å². The maximum absolute atomic E-state index is 13.2. The van der Waals surface area contributed by atoms with Crippen LogP contribution in [-0.4, -0.2) is 96.7 Å². The van der Waals surface area contributed by atoms with Crippen molar-refractivity contribution in [2.24, 2.45) is 17.8 Å². The number of phosphoric ester groups is 2. The molecule has 0 aromatic carbocycles. The van der Waals surface area contributed by atoms with Gasteiger partial charge in [0.15, 0.2) is 12.2 Å². The first-order chi connectivity index (χ1) is 51.8. The Morgan fingerprint density at radius 3 is 0.710 bits per heavy atom. The molecule has 0 aliphatic rings. The van der Waals surface area contributed by atoms with Gasteiger partial charge in [0.1, 0.15) is 19.3 Å². The van der Waals surface area contributed by atoms with Crippen LogP contribution < -0.4 is 0 Å². The highest BCUT2D eigenvalue weighted by Crippen LogP contribution is 2.45. The van der Waals surface area contributed by atoms with E-state index < -0.39 is 97.5 Å². The summed E-state index contributed by atoms with van der Waals surface area (Å²) in [5, 5.41) is 10.7. The lowest BCUT2D eigenvalue weighted by Gasteiger charge is -2.21. The number of hydrogen-bond acceptors (Lipinski definition) is 15. The van der Waals surface area contributed by atoms with Gasteiger partial charge >= 0.3 is 39.5 Å². The van der Waals surface area contributed by atoms with Crippen LogP contribution in [0.4, 0.5) is 0 Å². The number of aliphatic hydroxyl groups excluding tert-OH is 1. The molecule has 107 heavy (non-hydrogen) atoms. The number of aliphatic hydroxyl groups is 1. The number of unbranched alkanes of at least 4 members (excludes halogenated alkanes) is 53. The maximum Gasteiger partial charge on any atom is 0.472 e. The fraction of sp³-hybridized carbons (Fsp3) is 0.955. The van der Waals surface area contributed by atoms with Crippen LogP contribution in [0.15, 0.2) is 0 Å². The molecule has 0 aliphatic heterocycles. The number of esters is 4. The SMILES string of the molecule is CCCCCCCCCCCCCCCCCCCCCC(=O)OC[C@H](COP(=O)(O)OC[C@@H](O)COP(=O)(O)OC[C@@H](COC(=O)CCCCCCCCCCC(C)CC)OC(=O)CCCCCCCCCCCCCCC(C)C)OC(=O)CCCCCCCCCCCCCCCCCCCCC(C)C. The molecule has 3 unspecified atom stereocenters. The van der Waals surface area contributed by atoms with Crippen LogP contribution in [0.5, 0.6) is 0 Å². The largest absolute Gasteiger partial charge is 0.472 e. The first kappa shape index (κ1) is 105. The van der Waals surface area contributed by atoms with Crippen LogP contribution in [0.1, 0.15) is 466 Å². The van der Waals surface area contributed by atoms with Gasteiger partial charge in [-0.2, -0.15) is 0 Å². The van der Waals surface area contributed by atoms with Gasteiger partial charge in [0.25, 0.3) is 0 Å². The van der Waals surface area contributed by atoms with Crippen molar-refractivity contribution in [1.82, 2.24) is 0 Å². The molecule has 0 heterocycles. The zero-order valence-corrected chi connectivity index (χ0v) is 72.4. The van der Waals surface area contributed by atoms with Gasteiger partial charge in [0.2, 0.25) is 0 Å². The summed E-state index contributed by atoms with van der Waals surface area (Å²) in [6.45, 7) is 12.0. The topological polar surface area (TPSA) is 237 Å². The molecular weight excluding hydrogens is 1390 g/mol. The molecule has 0 fully saturated rings. The first-order valence-electron chi connectivity index (χ1n) is 45.4. The van der Waals surface area contributed by atoms with Gasteiger partial charge in [-0.15, -0.1) is 0 Å². The summed E-state index contributed by atoms with van der Waals surface area (Å²) in [4.78, 5) is 73.3. The quantitative estimate of drug-likeness (QED) is 0.0222. The van der Waals surface area contributed by atoms with Gasteiger partial charge < -0.3 is 33.8 Å². The van der Waals surface area contributed by atoms with Crippen LogP contribution in [0, 0.1) is 17.8 Å². The van der Waals surface area contributed by atoms with Crippen LogP contribution in [-0.2, 0) is 65.4 Å². The molecule has 3 N–H and O–H groups in total. The summed E-state index contributed by atoms with van der Waals surface area (Å²) in [6.07, 6.45) is 69.4. The zero-order valence-electron chi connectivity index (χ0n) is 70.6. The second-order valence-corrected chi connectivity index (χ2v) is 35.7. The molecule has 0 spiro atoms. The van der Waals surface area contributed by atoms with E-state index >= 15 is 0 Å². The minimum atomic E-state index is -4.97. The Labute approximate surface area is 658 Å². The van der Waals surface area contributed by atoms with Crippen molar-refractivity contribution >= 4 is 39.5 Å². The Kier molecular flexibility index (Phi) is 76.6. The summed E-state index contributed by atoms with van der Waals surface area (Å²) in [6, 6.07) is 0. The third-order valence-corrected chi connectivity index (χ3v) is 22.9. The molecule has 0 rings (SSSR count). The number of rotatable bonds is 86. The normalized spacial score (nSPS) is 14.1. The van der Waals surface area contributed by atoms with Crippen molar-refractivity contribution in [3.05, 3.63) is 0 Å². The molecule has 0 saturated heterocycles. The van der Waals surface area contributed by atoms with Gasteiger partial charge in [-0.1, -0.05) is 414 Å². The molecule has 636 valence electrons. The molecule has 0 bridgehead atoms. The van der Waals surface area contributed by atoms with Crippen LogP contribution in [0.25, 0.3) is 0 Å². The number of hydrogen-bond donors (Lipinski definition) is 3. The van der Waals surface area contributed by atoms with E-state index in [-0.39, 0.29) is 25.7 Å². The van der Waals surface area contributed by atoms with Crippen LogP contribution in [0.2, 0.25) is 0 Å². The number of ether oxygens (including phenoxy) is 4. The Hall–Kier alpha value is -1.94. The lowest BCUT2D eigenvalue weighted by molar-refractivity contribution is -0.161. The summed E-state index contributed by atoms with van der Waals surface area (Å²) in [5.74, 6) is 0.272. The van der Waals surface area contributed by atoms with E-state index in [1.807, 2.05) is 0 Å². The second-order valence-electron chi connectivity index (χ2n) is 32.8. The fourth-order valence-electron chi connectivity index (χ4n) is 13.7. The third kappa shape index (κ3) is 80.5. The van der Waals surface area contributed by atoms with Gasteiger partial charge in [-0.3, -0.25) is 37.3 Å². The van der Waals surface area contributed by atoms with E-state index in [0.29, 0.717) is 25.7 Å². The summed E-state index contributed by atoms with van der Waals surface area (Å²) >= 11 is 0. The lowest BCUT2D eigenvalue weighted by atomic mass is 9.99. The smallest absolute Gasteiger partial charge is 0.462 e. The predicted octanol–water partition coefficient (Wildman–Crippen LogP) is 26.9. The molecular formula is C88H172O17P2. The summed E-state index contributed by atoms with van der Waals surface area (Å²) in [7, 11) is -9.93. The Balaban J connectivity index is 5.25. The van der Waals surface area contributed by atoms with E-state index in [1.54, 1.807) is 0 Å². The lowest BCUT2D eigenvalue weighted by Crippen LogP contribution is -2.30. The molecule has 6 atom stereocenters. The number of carbonyl (C=O) groups excluding carboxylic acids is 4. The predicted molar refractivity (Wildman–Crippen MR) is 441 cm³/mol. The van der Waals surface area contributed by atoms with Crippen molar-refractivity contribution in [3.8, 4) is 0 Å². The average Bonchev–Trinajstić information content (AvgIpc) is 0.920. The van der Waals surface area contributed by atoms with Gasteiger partial charge in [-0.05, 0) is 43.4 Å². The van der Waals surface area contributed by atoms with Crippen molar-refractivity contribution in [3.63, 3.8) is 0 Å². The second kappa shape index (κ2) is 78.0. The maximum atomic E-state index is 13.2.